The molecule has 0 unspecified atom stereocenters. The summed E-state index contributed by atoms with van der Waals surface area (Å²) in [7, 11) is 0. The van der Waals surface area contributed by atoms with Crippen molar-refractivity contribution >= 4 is 31.9 Å². The molecule has 0 aliphatic carbocycles. The van der Waals surface area contributed by atoms with Crippen LogP contribution in [0.1, 0.15) is 23.6 Å². The number of nitrogens with one attached hydrogen (secondary N) is 1. The van der Waals surface area contributed by atoms with Crippen LogP contribution >= 0.6 is 31.9 Å². The molecule has 0 aliphatic heterocycles. The normalized spacial score (nSPS) is 10.7. The highest BCUT2D eigenvalue weighted by molar-refractivity contribution is 9.10. The Morgan fingerprint density at radius 2 is 1.90 bits per heavy atom. The predicted octanol–water partition coefficient (Wildman–Crippen LogP) is 5.21. The molecule has 1 N–H and O–H groups in total. The van der Waals surface area contributed by atoms with Gasteiger partial charge in [-0.25, -0.2) is 0 Å². The largest absolute Gasteiger partial charge is 0.489 e. The van der Waals surface area contributed by atoms with Crippen LogP contribution in [0.5, 0.6) is 5.75 Å². The summed E-state index contributed by atoms with van der Waals surface area (Å²) in [6.07, 6.45) is 0. The summed E-state index contributed by atoms with van der Waals surface area (Å²) < 4.78 is 8.05. The molecule has 0 bridgehead atoms. The van der Waals surface area contributed by atoms with Crippen LogP contribution in [0.2, 0.25) is 0 Å². The standard InChI is InChI=1S/C17H19Br2NO/c1-3-20-10-13-5-6-14(16(19)8-13)11-21-17-9-15(18)7-4-12(17)2/h4-9,20H,3,10-11H2,1-2H3. The van der Waals surface area contributed by atoms with Crippen molar-refractivity contribution in [2.75, 3.05) is 6.54 Å². The summed E-state index contributed by atoms with van der Waals surface area (Å²) in [5.41, 5.74) is 3.55. The van der Waals surface area contributed by atoms with Crippen molar-refractivity contribution in [3.8, 4) is 5.75 Å². The van der Waals surface area contributed by atoms with E-state index in [2.05, 4.69) is 69.2 Å². The maximum atomic E-state index is 5.93. The molecule has 0 fully saturated rings. The van der Waals surface area contributed by atoms with Gasteiger partial charge in [-0.15, -0.1) is 0 Å². The van der Waals surface area contributed by atoms with Gasteiger partial charge in [0.25, 0.3) is 0 Å². The molecular formula is C17H19Br2NO. The second-order valence-corrected chi connectivity index (χ2v) is 6.67. The first-order valence-corrected chi connectivity index (χ1v) is 8.55. The fourth-order valence-electron chi connectivity index (χ4n) is 1.97. The summed E-state index contributed by atoms with van der Waals surface area (Å²) in [6.45, 7) is 6.58. The van der Waals surface area contributed by atoms with E-state index in [-0.39, 0.29) is 0 Å². The van der Waals surface area contributed by atoms with Gasteiger partial charge in [0.2, 0.25) is 0 Å². The van der Waals surface area contributed by atoms with Gasteiger partial charge >= 0.3 is 0 Å². The monoisotopic (exact) mass is 411 g/mol. The fraction of sp³-hybridized carbons (Fsp3) is 0.294. The Morgan fingerprint density at radius 3 is 2.62 bits per heavy atom. The minimum absolute atomic E-state index is 0.555. The Labute approximate surface area is 143 Å². The van der Waals surface area contributed by atoms with E-state index < -0.39 is 0 Å². The number of hydrogen-bond donors (Lipinski definition) is 1. The molecular weight excluding hydrogens is 394 g/mol. The maximum absolute atomic E-state index is 5.93. The van der Waals surface area contributed by atoms with E-state index in [0.717, 1.165) is 38.9 Å². The molecule has 2 nitrogen and oxygen atoms in total. The van der Waals surface area contributed by atoms with Crippen molar-refractivity contribution in [1.82, 2.24) is 5.32 Å². The van der Waals surface area contributed by atoms with Gasteiger partial charge in [0.1, 0.15) is 12.4 Å². The SMILES string of the molecule is CCNCc1ccc(COc2cc(Br)ccc2C)c(Br)c1. The molecule has 2 aromatic carbocycles. The zero-order valence-electron chi connectivity index (χ0n) is 12.2. The molecule has 112 valence electrons. The zero-order valence-corrected chi connectivity index (χ0v) is 15.4. The molecule has 0 saturated carbocycles. The molecule has 0 heterocycles. The van der Waals surface area contributed by atoms with Gasteiger partial charge < -0.3 is 10.1 Å². The van der Waals surface area contributed by atoms with E-state index in [4.69, 9.17) is 4.74 Å². The van der Waals surface area contributed by atoms with E-state index in [1.165, 1.54) is 5.56 Å². The Kier molecular flexibility index (Phi) is 6.27. The van der Waals surface area contributed by atoms with Crippen molar-refractivity contribution in [3.05, 3.63) is 62.0 Å². The molecule has 4 heteroatoms. The Bertz CT molecular complexity index is 614. The molecule has 0 aliphatic rings. The number of aryl methyl sites for hydroxylation is 1. The van der Waals surface area contributed by atoms with Crippen LogP contribution in [0.3, 0.4) is 0 Å². The first kappa shape index (κ1) is 16.5. The number of hydrogen-bond acceptors (Lipinski definition) is 2. The molecule has 2 rings (SSSR count). The average Bonchev–Trinajstić information content (AvgIpc) is 2.47. The van der Waals surface area contributed by atoms with Crippen LogP contribution in [0, 0.1) is 6.92 Å². The highest BCUT2D eigenvalue weighted by Gasteiger charge is 2.05. The third-order valence-electron chi connectivity index (χ3n) is 3.23. The number of halogens is 2. The lowest BCUT2D eigenvalue weighted by molar-refractivity contribution is 0.303. The van der Waals surface area contributed by atoms with Gasteiger partial charge in [-0.05, 0) is 42.8 Å². The van der Waals surface area contributed by atoms with E-state index in [0.29, 0.717) is 6.61 Å². The maximum Gasteiger partial charge on any atom is 0.123 e. The molecule has 0 spiro atoms. The number of ether oxygens (including phenoxy) is 1. The van der Waals surface area contributed by atoms with E-state index in [1.54, 1.807) is 0 Å². The van der Waals surface area contributed by atoms with Gasteiger partial charge in [-0.1, -0.05) is 57.0 Å². The Hall–Kier alpha value is -0.840. The van der Waals surface area contributed by atoms with Crippen LogP contribution in [0.4, 0.5) is 0 Å². The second kappa shape index (κ2) is 7.97. The predicted molar refractivity (Wildman–Crippen MR) is 94.7 cm³/mol. The van der Waals surface area contributed by atoms with Gasteiger partial charge in [-0.2, -0.15) is 0 Å². The Balaban J connectivity index is 2.04. The molecule has 0 atom stereocenters. The van der Waals surface area contributed by atoms with Crippen LogP contribution < -0.4 is 10.1 Å². The zero-order chi connectivity index (χ0) is 15.2. The van der Waals surface area contributed by atoms with Crippen LogP contribution in [-0.2, 0) is 13.2 Å². The minimum Gasteiger partial charge on any atom is -0.489 e. The highest BCUT2D eigenvalue weighted by atomic mass is 79.9. The molecule has 21 heavy (non-hydrogen) atoms. The second-order valence-electron chi connectivity index (χ2n) is 4.90. The topological polar surface area (TPSA) is 21.3 Å². The van der Waals surface area contributed by atoms with Crippen molar-refractivity contribution < 1.29 is 4.74 Å². The molecule has 0 radical (unpaired) electrons. The van der Waals surface area contributed by atoms with Crippen molar-refractivity contribution in [1.29, 1.82) is 0 Å². The van der Waals surface area contributed by atoms with Crippen molar-refractivity contribution in [3.63, 3.8) is 0 Å². The third kappa shape index (κ3) is 4.83. The number of rotatable bonds is 6. The smallest absolute Gasteiger partial charge is 0.123 e. The fourth-order valence-corrected chi connectivity index (χ4v) is 2.85. The van der Waals surface area contributed by atoms with E-state index in [1.807, 2.05) is 18.2 Å². The third-order valence-corrected chi connectivity index (χ3v) is 4.46. The van der Waals surface area contributed by atoms with Crippen LogP contribution in [0.25, 0.3) is 0 Å². The van der Waals surface area contributed by atoms with Gasteiger partial charge in [-0.3, -0.25) is 0 Å². The molecule has 2 aromatic rings. The van der Waals surface area contributed by atoms with Crippen LogP contribution in [0.15, 0.2) is 45.3 Å². The van der Waals surface area contributed by atoms with Crippen molar-refractivity contribution in [2.45, 2.75) is 27.0 Å². The number of benzene rings is 2. The molecule has 0 amide bonds. The van der Waals surface area contributed by atoms with Crippen molar-refractivity contribution in [2.24, 2.45) is 0 Å². The van der Waals surface area contributed by atoms with Crippen LogP contribution in [-0.4, -0.2) is 6.54 Å². The minimum atomic E-state index is 0.555. The highest BCUT2D eigenvalue weighted by Crippen LogP contribution is 2.25. The van der Waals surface area contributed by atoms with Gasteiger partial charge in [0, 0.05) is 21.1 Å². The van der Waals surface area contributed by atoms with E-state index in [9.17, 15) is 0 Å². The lowest BCUT2D eigenvalue weighted by Gasteiger charge is -2.12. The van der Waals surface area contributed by atoms with Gasteiger partial charge in [0.15, 0.2) is 0 Å². The first-order chi connectivity index (χ1) is 10.1. The summed E-state index contributed by atoms with van der Waals surface area (Å²) >= 11 is 7.10. The average molecular weight is 413 g/mol. The summed E-state index contributed by atoms with van der Waals surface area (Å²) in [4.78, 5) is 0. The lowest BCUT2D eigenvalue weighted by atomic mass is 10.1. The summed E-state index contributed by atoms with van der Waals surface area (Å²) in [5, 5.41) is 3.33. The van der Waals surface area contributed by atoms with E-state index >= 15 is 0 Å². The molecule has 0 aromatic heterocycles. The van der Waals surface area contributed by atoms with Gasteiger partial charge in [0.05, 0.1) is 0 Å². The Morgan fingerprint density at radius 1 is 1.10 bits per heavy atom. The molecule has 0 saturated heterocycles. The summed E-state index contributed by atoms with van der Waals surface area (Å²) in [5.74, 6) is 0.910. The summed E-state index contributed by atoms with van der Waals surface area (Å²) in [6, 6.07) is 12.5. The quantitative estimate of drug-likeness (QED) is 0.703. The first-order valence-electron chi connectivity index (χ1n) is 6.97. The lowest BCUT2D eigenvalue weighted by Crippen LogP contribution is -2.11.